The number of benzene rings is 3. The fourth-order valence-corrected chi connectivity index (χ4v) is 4.69. The number of aliphatic carboxylic acids is 1. The van der Waals surface area contributed by atoms with E-state index >= 15 is 0 Å². The Morgan fingerprint density at radius 2 is 1.68 bits per heavy atom. The monoisotopic (exact) mass is 474 g/mol. The van der Waals surface area contributed by atoms with Crippen LogP contribution in [-0.4, -0.2) is 29.0 Å². The largest absolute Gasteiger partial charge is 0.481 e. The maximum absolute atomic E-state index is 14.9. The van der Waals surface area contributed by atoms with Crippen LogP contribution in [0.5, 0.6) is 0 Å². The van der Waals surface area contributed by atoms with Gasteiger partial charge in [0, 0.05) is 18.0 Å². The highest BCUT2D eigenvalue weighted by Gasteiger charge is 2.28. The molecule has 4 aromatic rings. The molecule has 7 heteroatoms. The Hall–Kier alpha value is -3.84. The van der Waals surface area contributed by atoms with Gasteiger partial charge in [-0.15, -0.1) is 11.3 Å². The molecule has 5 nitrogen and oxygen atoms in total. The second-order valence-corrected chi connectivity index (χ2v) is 8.76. The van der Waals surface area contributed by atoms with Gasteiger partial charge in [-0.1, -0.05) is 72.8 Å². The van der Waals surface area contributed by atoms with Gasteiger partial charge in [0.2, 0.25) is 5.91 Å². The molecule has 0 aliphatic heterocycles. The summed E-state index contributed by atoms with van der Waals surface area (Å²) in [7, 11) is 1.57. The van der Waals surface area contributed by atoms with E-state index in [4.69, 9.17) is 0 Å². The van der Waals surface area contributed by atoms with Gasteiger partial charge in [0.1, 0.15) is 5.82 Å². The summed E-state index contributed by atoms with van der Waals surface area (Å²) in [5, 5.41) is 11.5. The van der Waals surface area contributed by atoms with E-state index in [1.165, 1.54) is 22.3 Å². The Balaban J connectivity index is 1.63. The summed E-state index contributed by atoms with van der Waals surface area (Å²) in [6.07, 6.45) is 0.0157. The Morgan fingerprint density at radius 1 is 1.00 bits per heavy atom. The maximum Gasteiger partial charge on any atom is 0.304 e. The van der Waals surface area contributed by atoms with Crippen LogP contribution in [0, 0.1) is 11.7 Å². The molecule has 0 aliphatic rings. The highest BCUT2D eigenvalue weighted by molar-refractivity contribution is 7.14. The average molecular weight is 475 g/mol. The molecule has 0 spiro atoms. The number of anilines is 1. The van der Waals surface area contributed by atoms with Gasteiger partial charge in [-0.2, -0.15) is 0 Å². The minimum atomic E-state index is -1.04. The normalized spacial score (nSPS) is 11.7. The minimum absolute atomic E-state index is 0.290. The molecule has 1 aromatic heterocycles. The first kappa shape index (κ1) is 23.3. The van der Waals surface area contributed by atoms with Crippen molar-refractivity contribution in [1.82, 2.24) is 4.98 Å². The second-order valence-electron chi connectivity index (χ2n) is 7.93. The number of thiazole rings is 1. The fourth-order valence-electron chi connectivity index (χ4n) is 3.90. The number of carbonyl (C=O) groups is 2. The molecular formula is C27H23FN2O3S. The van der Waals surface area contributed by atoms with Crippen molar-refractivity contribution in [3.05, 3.63) is 95.6 Å². The second kappa shape index (κ2) is 10.4. The summed E-state index contributed by atoms with van der Waals surface area (Å²) >= 11 is 1.22. The van der Waals surface area contributed by atoms with Crippen LogP contribution in [0.2, 0.25) is 0 Å². The molecule has 3 aromatic carbocycles. The van der Waals surface area contributed by atoms with Crippen LogP contribution in [0.3, 0.4) is 0 Å². The van der Waals surface area contributed by atoms with Crippen LogP contribution in [0.25, 0.3) is 22.4 Å². The first-order chi connectivity index (χ1) is 16.4. The first-order valence-electron chi connectivity index (χ1n) is 10.8. The molecule has 0 saturated carbocycles. The summed E-state index contributed by atoms with van der Waals surface area (Å²) < 4.78 is 14.9. The standard InChI is InChI=1S/C27H23FN2O3S/c1-30(26(33)20(16-24(31)32)15-18-9-4-2-5-10-18)27-29-23(17-34-27)25-21(13-8-14-22(25)28)19-11-6-3-7-12-19/h2-14,17,20H,15-16H2,1H3,(H,31,32)/t20-/m1/s1. The molecule has 1 atom stereocenters. The summed E-state index contributed by atoms with van der Waals surface area (Å²) in [6.45, 7) is 0. The molecular weight excluding hydrogens is 451 g/mol. The molecule has 1 N–H and O–H groups in total. The molecule has 34 heavy (non-hydrogen) atoms. The predicted octanol–water partition coefficient (Wildman–Crippen LogP) is 5.91. The average Bonchev–Trinajstić information content (AvgIpc) is 3.33. The quantitative estimate of drug-likeness (QED) is 0.345. The van der Waals surface area contributed by atoms with Crippen molar-refractivity contribution in [2.45, 2.75) is 12.8 Å². The number of rotatable bonds is 8. The molecule has 0 saturated heterocycles. The Morgan fingerprint density at radius 3 is 2.35 bits per heavy atom. The molecule has 4 rings (SSSR count). The summed E-state index contributed by atoms with van der Waals surface area (Å²) in [5.41, 5.74) is 3.24. The van der Waals surface area contributed by atoms with Gasteiger partial charge in [0.15, 0.2) is 5.13 Å². The van der Waals surface area contributed by atoms with E-state index < -0.39 is 17.7 Å². The summed E-state index contributed by atoms with van der Waals surface area (Å²) in [5.74, 6) is -2.53. The van der Waals surface area contributed by atoms with Gasteiger partial charge in [0.25, 0.3) is 0 Å². The van der Waals surface area contributed by atoms with Crippen LogP contribution in [-0.2, 0) is 16.0 Å². The minimum Gasteiger partial charge on any atom is -0.481 e. The van der Waals surface area contributed by atoms with Crippen molar-refractivity contribution in [2.24, 2.45) is 5.92 Å². The number of carboxylic acid groups (broad SMARTS) is 1. The van der Waals surface area contributed by atoms with Gasteiger partial charge in [-0.25, -0.2) is 9.37 Å². The van der Waals surface area contributed by atoms with E-state index in [9.17, 15) is 19.1 Å². The number of aromatic nitrogens is 1. The first-order valence-corrected chi connectivity index (χ1v) is 11.6. The topological polar surface area (TPSA) is 70.5 Å². The van der Waals surface area contributed by atoms with E-state index in [0.717, 1.165) is 11.1 Å². The molecule has 0 unspecified atom stereocenters. The maximum atomic E-state index is 14.9. The molecule has 172 valence electrons. The zero-order valence-corrected chi connectivity index (χ0v) is 19.3. The van der Waals surface area contributed by atoms with Crippen LogP contribution in [0.15, 0.2) is 84.2 Å². The van der Waals surface area contributed by atoms with Crippen LogP contribution in [0.1, 0.15) is 12.0 Å². The van der Waals surface area contributed by atoms with E-state index in [-0.39, 0.29) is 12.3 Å². The number of hydrogen-bond acceptors (Lipinski definition) is 4. The van der Waals surface area contributed by atoms with Gasteiger partial charge < -0.3 is 5.11 Å². The summed E-state index contributed by atoms with van der Waals surface area (Å²) in [6, 6.07) is 23.7. The lowest BCUT2D eigenvalue weighted by atomic mass is 9.95. The van der Waals surface area contributed by atoms with E-state index in [1.54, 1.807) is 18.5 Å². The van der Waals surface area contributed by atoms with Gasteiger partial charge in [0.05, 0.1) is 18.0 Å². The van der Waals surface area contributed by atoms with Crippen LogP contribution >= 0.6 is 11.3 Å². The predicted molar refractivity (Wildman–Crippen MR) is 132 cm³/mol. The van der Waals surface area contributed by atoms with Crippen molar-refractivity contribution in [3.8, 4) is 22.4 Å². The SMILES string of the molecule is CN(C(=O)[C@@H](CC(=O)O)Cc1ccccc1)c1nc(-c2c(F)cccc2-c2ccccc2)cs1. The number of halogens is 1. The number of carbonyl (C=O) groups excluding carboxylic acids is 1. The highest BCUT2D eigenvalue weighted by Crippen LogP contribution is 2.36. The number of hydrogen-bond donors (Lipinski definition) is 1. The zero-order valence-electron chi connectivity index (χ0n) is 18.5. The molecule has 0 fully saturated rings. The van der Waals surface area contributed by atoms with Crippen LogP contribution < -0.4 is 4.90 Å². The third-order valence-electron chi connectivity index (χ3n) is 5.56. The lowest BCUT2D eigenvalue weighted by Crippen LogP contribution is -2.35. The third kappa shape index (κ3) is 5.21. The molecule has 1 amide bonds. The van der Waals surface area contributed by atoms with Crippen molar-refractivity contribution in [2.75, 3.05) is 11.9 Å². The lowest BCUT2D eigenvalue weighted by Gasteiger charge is -2.21. The Labute approximate surface area is 201 Å². The summed E-state index contributed by atoms with van der Waals surface area (Å²) in [4.78, 5) is 30.6. The van der Waals surface area contributed by atoms with Gasteiger partial charge >= 0.3 is 5.97 Å². The van der Waals surface area contributed by atoms with Crippen LogP contribution in [0.4, 0.5) is 9.52 Å². The molecule has 0 radical (unpaired) electrons. The molecule has 0 bridgehead atoms. The fraction of sp³-hybridized carbons (Fsp3) is 0.148. The van der Waals surface area contributed by atoms with Crippen molar-refractivity contribution in [1.29, 1.82) is 0 Å². The third-order valence-corrected chi connectivity index (χ3v) is 6.48. The molecule has 0 aliphatic carbocycles. The number of nitrogens with zero attached hydrogens (tertiary/aromatic N) is 2. The number of carboxylic acids is 1. The van der Waals surface area contributed by atoms with E-state index in [2.05, 4.69) is 4.98 Å². The smallest absolute Gasteiger partial charge is 0.304 e. The van der Waals surface area contributed by atoms with Gasteiger partial charge in [-0.3, -0.25) is 14.5 Å². The van der Waals surface area contributed by atoms with Crippen molar-refractivity contribution < 1.29 is 19.1 Å². The Kier molecular flexibility index (Phi) is 7.13. The highest BCUT2D eigenvalue weighted by atomic mass is 32.1. The lowest BCUT2D eigenvalue weighted by molar-refractivity contribution is -0.140. The van der Waals surface area contributed by atoms with Gasteiger partial charge in [-0.05, 0) is 29.2 Å². The molecule has 1 heterocycles. The zero-order chi connectivity index (χ0) is 24.1. The Bertz CT molecular complexity index is 1290. The number of amides is 1. The van der Waals surface area contributed by atoms with E-state index in [1.807, 2.05) is 66.7 Å². The van der Waals surface area contributed by atoms with Crippen molar-refractivity contribution >= 4 is 28.3 Å². The van der Waals surface area contributed by atoms with E-state index in [0.29, 0.717) is 28.4 Å². The van der Waals surface area contributed by atoms with Crippen molar-refractivity contribution in [3.63, 3.8) is 0 Å².